The van der Waals surface area contributed by atoms with E-state index in [4.69, 9.17) is 5.11 Å². The van der Waals surface area contributed by atoms with Crippen LogP contribution < -0.4 is 0 Å². The summed E-state index contributed by atoms with van der Waals surface area (Å²) in [4.78, 5) is 9.25. The summed E-state index contributed by atoms with van der Waals surface area (Å²) < 4.78 is 0. The highest BCUT2D eigenvalue weighted by molar-refractivity contribution is 7.57. The Labute approximate surface area is 191 Å². The quantitative estimate of drug-likeness (QED) is 0.103. The maximum atomic E-state index is 9.25. The van der Waals surface area contributed by atoms with Crippen LogP contribution in [0.5, 0.6) is 0 Å². The summed E-state index contributed by atoms with van der Waals surface area (Å²) in [5, 5.41) is 7.60. The van der Waals surface area contributed by atoms with E-state index >= 15 is 0 Å². The van der Waals surface area contributed by atoms with Crippen LogP contribution in [0.2, 0.25) is 0 Å². The van der Waals surface area contributed by atoms with Gasteiger partial charge in [0.2, 0.25) is 0 Å². The number of rotatable bonds is 22. The molecule has 0 spiro atoms. The van der Waals surface area contributed by atoms with Crippen LogP contribution in [0.3, 0.4) is 0 Å². The first kappa shape index (κ1) is 31.8. The molecule has 0 radical (unpaired) electrons. The van der Waals surface area contributed by atoms with Crippen molar-refractivity contribution in [1.29, 1.82) is 0 Å². The number of hydrogen-bond acceptors (Lipinski definition) is 1. The van der Waals surface area contributed by atoms with Gasteiger partial charge in [-0.1, -0.05) is 124 Å². The largest absolute Gasteiger partial charge is 0.478 e. The van der Waals surface area contributed by atoms with Crippen molar-refractivity contribution >= 4 is 13.9 Å². The first-order valence-corrected chi connectivity index (χ1v) is 15.1. The van der Waals surface area contributed by atoms with Crippen LogP contribution in [0.25, 0.3) is 0 Å². The summed E-state index contributed by atoms with van der Waals surface area (Å²) in [6.07, 6.45) is 32.1. The minimum atomic E-state index is -0.981. The molecule has 1 N–H and O–H groups in total. The van der Waals surface area contributed by atoms with Crippen molar-refractivity contribution in [3.63, 3.8) is 0 Å². The van der Waals surface area contributed by atoms with Gasteiger partial charge >= 0.3 is 5.97 Å². The van der Waals surface area contributed by atoms with Crippen molar-refractivity contribution in [3.8, 4) is 0 Å². The van der Waals surface area contributed by atoms with Gasteiger partial charge in [0.25, 0.3) is 0 Å². The third kappa shape index (κ3) is 29.8. The van der Waals surface area contributed by atoms with Gasteiger partial charge in [-0.2, -0.15) is 0 Å². The van der Waals surface area contributed by atoms with E-state index in [9.17, 15) is 4.79 Å². The Bertz CT molecular complexity index is 306. The number of aliphatic carboxylic acids is 1. The van der Waals surface area contributed by atoms with Gasteiger partial charge in [0.05, 0.1) is 0 Å². The minimum Gasteiger partial charge on any atom is -0.478 e. The second-order valence-corrected chi connectivity index (χ2v) is 11.4. The maximum absolute atomic E-state index is 9.25. The van der Waals surface area contributed by atoms with Crippen molar-refractivity contribution in [2.24, 2.45) is 0 Å². The van der Waals surface area contributed by atoms with Crippen LogP contribution in [-0.4, -0.2) is 29.6 Å². The van der Waals surface area contributed by atoms with E-state index in [2.05, 4.69) is 27.4 Å². The van der Waals surface area contributed by atoms with E-state index in [-0.39, 0.29) is 0 Å². The highest BCUT2D eigenvalue weighted by Crippen LogP contribution is 2.39. The average Bonchev–Trinajstić information content (AvgIpc) is 2.75. The molecule has 3 heteroatoms. The van der Waals surface area contributed by atoms with Crippen LogP contribution in [0.15, 0.2) is 12.7 Å². The average molecular weight is 443 g/mol. The SMILES string of the molecule is C=CC(=O)O.CCCCCCCCP(CCCCCCCC)CCCCCCCC. The van der Waals surface area contributed by atoms with Crippen molar-refractivity contribution in [2.75, 3.05) is 18.5 Å². The van der Waals surface area contributed by atoms with E-state index in [0.717, 1.165) is 6.08 Å². The summed E-state index contributed by atoms with van der Waals surface area (Å²) >= 11 is 0. The zero-order valence-corrected chi connectivity index (χ0v) is 21.8. The molecule has 0 saturated heterocycles. The number of carboxylic acids is 1. The molecule has 180 valence electrons. The highest BCUT2D eigenvalue weighted by atomic mass is 31.1. The Morgan fingerprint density at radius 1 is 0.600 bits per heavy atom. The second kappa shape index (κ2) is 28.6. The Morgan fingerprint density at radius 2 is 0.833 bits per heavy atom. The van der Waals surface area contributed by atoms with Crippen LogP contribution in [-0.2, 0) is 4.79 Å². The van der Waals surface area contributed by atoms with Gasteiger partial charge in [0.1, 0.15) is 0 Å². The number of hydrogen-bond donors (Lipinski definition) is 1. The summed E-state index contributed by atoms with van der Waals surface area (Å²) in [6, 6.07) is 0. The van der Waals surface area contributed by atoms with Crippen LogP contribution in [0.4, 0.5) is 0 Å². The summed E-state index contributed by atoms with van der Waals surface area (Å²) in [5.74, 6) is -0.981. The van der Waals surface area contributed by atoms with E-state index in [1.165, 1.54) is 116 Å². The minimum absolute atomic E-state index is 0.366. The Hall–Kier alpha value is -0.360. The molecule has 0 aliphatic rings. The zero-order chi connectivity index (χ0) is 22.7. The van der Waals surface area contributed by atoms with Gasteiger partial charge in [-0.25, -0.2) is 4.79 Å². The summed E-state index contributed by atoms with van der Waals surface area (Å²) in [7, 11) is 0.366. The molecule has 0 fully saturated rings. The van der Waals surface area contributed by atoms with Crippen LogP contribution >= 0.6 is 7.92 Å². The number of carboxylic acid groups (broad SMARTS) is 1. The molecule has 0 rings (SSSR count). The normalized spacial score (nSPS) is 10.7. The van der Waals surface area contributed by atoms with Gasteiger partial charge in [0.15, 0.2) is 0 Å². The number of carbonyl (C=O) groups is 1. The van der Waals surface area contributed by atoms with Gasteiger partial charge in [-0.3, -0.25) is 0 Å². The topological polar surface area (TPSA) is 37.3 Å². The fraction of sp³-hybridized carbons (Fsp3) is 0.889. The molecule has 0 heterocycles. The van der Waals surface area contributed by atoms with Crippen LogP contribution in [0, 0.1) is 0 Å². The van der Waals surface area contributed by atoms with Gasteiger partial charge in [-0.15, -0.1) is 7.92 Å². The molecule has 0 unspecified atom stereocenters. The van der Waals surface area contributed by atoms with E-state index in [1.54, 1.807) is 18.5 Å². The van der Waals surface area contributed by atoms with Crippen LogP contribution in [0.1, 0.15) is 136 Å². The molecule has 0 atom stereocenters. The van der Waals surface area contributed by atoms with Gasteiger partial charge in [0, 0.05) is 6.08 Å². The van der Waals surface area contributed by atoms with E-state index in [0.29, 0.717) is 7.92 Å². The predicted molar refractivity (Wildman–Crippen MR) is 139 cm³/mol. The smallest absolute Gasteiger partial charge is 0.327 e. The molecule has 0 aliphatic heterocycles. The molecular formula is C27H55O2P. The van der Waals surface area contributed by atoms with E-state index in [1.807, 2.05) is 0 Å². The molecule has 2 nitrogen and oxygen atoms in total. The summed E-state index contributed by atoms with van der Waals surface area (Å²) in [5.41, 5.74) is 0. The maximum Gasteiger partial charge on any atom is 0.327 e. The van der Waals surface area contributed by atoms with Gasteiger partial charge < -0.3 is 5.11 Å². The molecule has 0 aliphatic carbocycles. The Balaban J connectivity index is 0. The lowest BCUT2D eigenvalue weighted by Crippen LogP contribution is -1.97. The third-order valence-corrected chi connectivity index (χ3v) is 8.50. The fourth-order valence-corrected chi connectivity index (χ4v) is 6.37. The highest BCUT2D eigenvalue weighted by Gasteiger charge is 2.07. The standard InChI is InChI=1S/C24H51P.C3H4O2/c1-4-7-10-13-16-19-22-25(23-20-17-14-11-8-5-2)24-21-18-15-12-9-6-3;1-2-3(4)5/h4-24H2,1-3H3;2H,1H2,(H,4,5). The number of unbranched alkanes of at least 4 members (excludes halogenated alkanes) is 15. The first-order valence-electron chi connectivity index (χ1n) is 13.2. The predicted octanol–water partition coefficient (Wildman–Crippen LogP) is 9.81. The van der Waals surface area contributed by atoms with Crippen molar-refractivity contribution in [2.45, 2.75) is 136 Å². The lowest BCUT2D eigenvalue weighted by atomic mass is 10.1. The molecule has 0 bridgehead atoms. The molecule has 30 heavy (non-hydrogen) atoms. The molecule has 0 aromatic carbocycles. The molecule has 0 saturated carbocycles. The lowest BCUT2D eigenvalue weighted by molar-refractivity contribution is -0.131. The Kier molecular flexibility index (Phi) is 30.4. The third-order valence-electron chi connectivity index (χ3n) is 5.66. The first-order chi connectivity index (χ1) is 14.6. The summed E-state index contributed by atoms with van der Waals surface area (Å²) in [6.45, 7) is 9.92. The monoisotopic (exact) mass is 442 g/mol. The van der Waals surface area contributed by atoms with Crippen molar-refractivity contribution in [1.82, 2.24) is 0 Å². The molecule has 0 amide bonds. The molecule has 0 aromatic heterocycles. The van der Waals surface area contributed by atoms with E-state index < -0.39 is 5.97 Å². The lowest BCUT2D eigenvalue weighted by Gasteiger charge is -2.18. The molecule has 0 aromatic rings. The Morgan fingerprint density at radius 3 is 1.07 bits per heavy atom. The fourth-order valence-electron chi connectivity index (χ4n) is 3.68. The van der Waals surface area contributed by atoms with Crippen molar-refractivity contribution in [3.05, 3.63) is 12.7 Å². The second-order valence-electron chi connectivity index (χ2n) is 8.69. The van der Waals surface area contributed by atoms with Crippen molar-refractivity contribution < 1.29 is 9.90 Å². The zero-order valence-electron chi connectivity index (χ0n) is 20.9. The van der Waals surface area contributed by atoms with Gasteiger partial charge in [-0.05, 0) is 37.7 Å². The molecular weight excluding hydrogens is 387 g/mol.